The lowest BCUT2D eigenvalue weighted by molar-refractivity contribution is 0.0829. The van der Waals surface area contributed by atoms with Crippen molar-refractivity contribution in [2.24, 2.45) is 0 Å². The number of aliphatic hydroxyl groups excluding tert-OH is 1. The van der Waals surface area contributed by atoms with Crippen LogP contribution in [0.15, 0.2) is 72.8 Å². The van der Waals surface area contributed by atoms with Crippen molar-refractivity contribution in [1.82, 2.24) is 10.6 Å². The number of aliphatic hydroxyl groups is 1. The first kappa shape index (κ1) is 23.4. The second-order valence-electron chi connectivity index (χ2n) is 7.48. The molecule has 3 N–H and O–H groups in total. The standard InChI is InChI=1S/C25H26F2N2O3/c1-32-22-9-5-8-18(10-22)15-28-16-24(30)23(11-17-6-3-2-4-7-17)29-25(31)19-12-20(26)14-21(27)13-19/h2-10,12-14,23-24,28,30H,11,15-16H2,1H3,(H,29,31)/t23-,24-/m0/s1. The van der Waals surface area contributed by atoms with E-state index in [0.29, 0.717) is 19.0 Å². The van der Waals surface area contributed by atoms with Gasteiger partial charge in [-0.05, 0) is 41.8 Å². The summed E-state index contributed by atoms with van der Waals surface area (Å²) in [5.41, 5.74) is 1.75. The molecule has 0 aromatic heterocycles. The largest absolute Gasteiger partial charge is 0.497 e. The molecule has 0 saturated heterocycles. The molecule has 168 valence electrons. The van der Waals surface area contributed by atoms with Gasteiger partial charge < -0.3 is 20.5 Å². The van der Waals surface area contributed by atoms with Crippen LogP contribution in [0.2, 0.25) is 0 Å². The number of carbonyl (C=O) groups is 1. The number of amides is 1. The van der Waals surface area contributed by atoms with Crippen LogP contribution >= 0.6 is 0 Å². The Bertz CT molecular complexity index is 1010. The molecule has 0 saturated carbocycles. The van der Waals surface area contributed by atoms with Crippen LogP contribution in [0, 0.1) is 11.6 Å². The minimum absolute atomic E-state index is 0.142. The van der Waals surface area contributed by atoms with Gasteiger partial charge in [0.2, 0.25) is 0 Å². The predicted octanol–water partition coefficient (Wildman–Crippen LogP) is 3.47. The van der Waals surface area contributed by atoms with E-state index in [0.717, 1.165) is 29.0 Å². The van der Waals surface area contributed by atoms with E-state index in [1.807, 2.05) is 54.6 Å². The maximum absolute atomic E-state index is 13.5. The van der Waals surface area contributed by atoms with Crippen LogP contribution in [0.3, 0.4) is 0 Å². The highest BCUT2D eigenvalue weighted by Gasteiger charge is 2.23. The lowest BCUT2D eigenvalue weighted by Crippen LogP contribution is -2.48. The van der Waals surface area contributed by atoms with Gasteiger partial charge in [-0.2, -0.15) is 0 Å². The van der Waals surface area contributed by atoms with Crippen molar-refractivity contribution in [3.63, 3.8) is 0 Å². The summed E-state index contributed by atoms with van der Waals surface area (Å²) in [4.78, 5) is 12.6. The first-order valence-corrected chi connectivity index (χ1v) is 10.3. The molecule has 0 aliphatic rings. The highest BCUT2D eigenvalue weighted by Crippen LogP contribution is 2.13. The third-order valence-corrected chi connectivity index (χ3v) is 5.02. The molecule has 0 unspecified atom stereocenters. The van der Waals surface area contributed by atoms with Crippen LogP contribution in [-0.4, -0.2) is 36.8 Å². The van der Waals surface area contributed by atoms with Gasteiger partial charge in [0, 0.05) is 24.7 Å². The average Bonchev–Trinajstić information content (AvgIpc) is 2.78. The first-order valence-electron chi connectivity index (χ1n) is 10.3. The molecule has 0 aliphatic carbocycles. The summed E-state index contributed by atoms with van der Waals surface area (Å²) in [6.07, 6.45) is -0.588. The van der Waals surface area contributed by atoms with Gasteiger partial charge in [-0.1, -0.05) is 42.5 Å². The highest BCUT2D eigenvalue weighted by atomic mass is 19.1. The molecule has 0 aliphatic heterocycles. The monoisotopic (exact) mass is 440 g/mol. The summed E-state index contributed by atoms with van der Waals surface area (Å²) in [6, 6.07) is 18.9. The van der Waals surface area contributed by atoms with Crippen LogP contribution < -0.4 is 15.4 Å². The Morgan fingerprint density at radius 2 is 1.66 bits per heavy atom. The topological polar surface area (TPSA) is 70.6 Å². The van der Waals surface area contributed by atoms with Gasteiger partial charge in [-0.25, -0.2) is 8.78 Å². The van der Waals surface area contributed by atoms with Gasteiger partial charge in [-0.15, -0.1) is 0 Å². The van der Waals surface area contributed by atoms with E-state index in [1.165, 1.54) is 0 Å². The van der Waals surface area contributed by atoms with Crippen LogP contribution in [0.1, 0.15) is 21.5 Å². The Morgan fingerprint density at radius 1 is 0.969 bits per heavy atom. The minimum atomic E-state index is -0.942. The molecule has 32 heavy (non-hydrogen) atoms. The molecule has 0 spiro atoms. The van der Waals surface area contributed by atoms with E-state index in [9.17, 15) is 18.7 Å². The first-order chi connectivity index (χ1) is 15.4. The third-order valence-electron chi connectivity index (χ3n) is 5.02. The SMILES string of the molecule is COc1cccc(CNC[C@H](O)[C@H](Cc2ccccc2)NC(=O)c2cc(F)cc(F)c2)c1. The highest BCUT2D eigenvalue weighted by molar-refractivity contribution is 5.94. The van der Waals surface area contributed by atoms with Crippen molar-refractivity contribution in [3.05, 3.63) is 101 Å². The zero-order chi connectivity index (χ0) is 22.9. The quantitative estimate of drug-likeness (QED) is 0.452. The lowest BCUT2D eigenvalue weighted by Gasteiger charge is -2.25. The molecule has 5 nitrogen and oxygen atoms in total. The maximum atomic E-state index is 13.5. The number of halogens is 2. The van der Waals surface area contributed by atoms with Crippen LogP contribution in [0.5, 0.6) is 5.75 Å². The van der Waals surface area contributed by atoms with Gasteiger partial charge in [0.05, 0.1) is 19.3 Å². The Morgan fingerprint density at radius 3 is 2.34 bits per heavy atom. The summed E-state index contributed by atoms with van der Waals surface area (Å²) in [6.45, 7) is 0.696. The number of ether oxygens (including phenoxy) is 1. The smallest absolute Gasteiger partial charge is 0.251 e. The Hall–Kier alpha value is -3.29. The van der Waals surface area contributed by atoms with Gasteiger partial charge in [0.1, 0.15) is 17.4 Å². The van der Waals surface area contributed by atoms with E-state index in [1.54, 1.807) is 7.11 Å². The Labute approximate surface area is 186 Å². The van der Waals surface area contributed by atoms with Gasteiger partial charge >= 0.3 is 0 Å². The zero-order valence-electron chi connectivity index (χ0n) is 17.7. The van der Waals surface area contributed by atoms with Crippen LogP contribution in [-0.2, 0) is 13.0 Å². The normalized spacial score (nSPS) is 12.8. The van der Waals surface area contributed by atoms with Crippen molar-refractivity contribution in [2.45, 2.75) is 25.1 Å². The van der Waals surface area contributed by atoms with Crippen molar-refractivity contribution >= 4 is 5.91 Å². The molecule has 0 fully saturated rings. The molecular weight excluding hydrogens is 414 g/mol. The van der Waals surface area contributed by atoms with E-state index in [-0.39, 0.29) is 12.1 Å². The predicted molar refractivity (Wildman–Crippen MR) is 118 cm³/mol. The molecule has 3 aromatic carbocycles. The second kappa shape index (κ2) is 11.4. The number of hydrogen-bond donors (Lipinski definition) is 3. The Kier molecular flexibility index (Phi) is 8.30. The Balaban J connectivity index is 1.67. The van der Waals surface area contributed by atoms with Gasteiger partial charge in [-0.3, -0.25) is 4.79 Å². The number of carbonyl (C=O) groups excluding carboxylic acids is 1. The fourth-order valence-corrected chi connectivity index (χ4v) is 3.38. The van der Waals surface area contributed by atoms with Crippen molar-refractivity contribution in [3.8, 4) is 5.75 Å². The van der Waals surface area contributed by atoms with E-state index < -0.39 is 29.7 Å². The number of nitrogens with one attached hydrogen (secondary N) is 2. The van der Waals surface area contributed by atoms with Gasteiger partial charge in [0.15, 0.2) is 0 Å². The number of methoxy groups -OCH3 is 1. The molecule has 3 rings (SSSR count). The lowest BCUT2D eigenvalue weighted by atomic mass is 10.0. The summed E-state index contributed by atoms with van der Waals surface area (Å²) in [7, 11) is 1.59. The molecular formula is C25H26F2N2O3. The molecule has 0 heterocycles. The maximum Gasteiger partial charge on any atom is 0.251 e. The van der Waals surface area contributed by atoms with Crippen molar-refractivity contribution in [1.29, 1.82) is 0 Å². The van der Waals surface area contributed by atoms with E-state index in [2.05, 4.69) is 10.6 Å². The average molecular weight is 440 g/mol. The van der Waals surface area contributed by atoms with Crippen molar-refractivity contribution in [2.75, 3.05) is 13.7 Å². The summed E-state index contributed by atoms with van der Waals surface area (Å²) in [5, 5.41) is 16.7. The second-order valence-corrected chi connectivity index (χ2v) is 7.48. The molecule has 0 bridgehead atoms. The molecule has 3 aromatic rings. The number of benzene rings is 3. The minimum Gasteiger partial charge on any atom is -0.497 e. The summed E-state index contributed by atoms with van der Waals surface area (Å²) < 4.78 is 32.3. The molecule has 2 atom stereocenters. The van der Waals surface area contributed by atoms with Gasteiger partial charge in [0.25, 0.3) is 5.91 Å². The zero-order valence-corrected chi connectivity index (χ0v) is 17.7. The summed E-state index contributed by atoms with van der Waals surface area (Å²) >= 11 is 0. The molecule has 0 radical (unpaired) electrons. The van der Waals surface area contributed by atoms with E-state index >= 15 is 0 Å². The summed E-state index contributed by atoms with van der Waals surface area (Å²) in [5.74, 6) is -1.59. The van der Waals surface area contributed by atoms with Crippen LogP contribution in [0.25, 0.3) is 0 Å². The fourth-order valence-electron chi connectivity index (χ4n) is 3.38. The van der Waals surface area contributed by atoms with Crippen LogP contribution in [0.4, 0.5) is 8.78 Å². The fraction of sp³-hybridized carbons (Fsp3) is 0.240. The molecule has 1 amide bonds. The number of hydrogen-bond acceptors (Lipinski definition) is 4. The van der Waals surface area contributed by atoms with E-state index in [4.69, 9.17) is 4.74 Å². The molecule has 7 heteroatoms. The third kappa shape index (κ3) is 6.87. The van der Waals surface area contributed by atoms with Crippen molar-refractivity contribution < 1.29 is 23.4 Å². The number of rotatable bonds is 10.